The second-order valence-corrected chi connectivity index (χ2v) is 11.0. The van der Waals surface area contributed by atoms with E-state index in [-0.39, 0.29) is 18.4 Å². The number of carbonyl (C=O) groups is 3. The second-order valence-electron chi connectivity index (χ2n) is 11.0. The predicted molar refractivity (Wildman–Crippen MR) is 137 cm³/mol. The van der Waals surface area contributed by atoms with Crippen molar-refractivity contribution in [2.24, 2.45) is 0 Å². The lowest BCUT2D eigenvalue weighted by Crippen LogP contribution is -2.51. The highest BCUT2D eigenvalue weighted by Crippen LogP contribution is 2.27. The van der Waals surface area contributed by atoms with Crippen LogP contribution in [0.25, 0.3) is 0 Å². The summed E-state index contributed by atoms with van der Waals surface area (Å²) in [5.41, 5.74) is 1.62. The van der Waals surface area contributed by atoms with Gasteiger partial charge in [-0.15, -0.1) is 0 Å². The van der Waals surface area contributed by atoms with E-state index >= 15 is 0 Å². The monoisotopic (exact) mass is 475 g/mol. The lowest BCUT2D eigenvalue weighted by atomic mass is 9.95. The first kappa shape index (κ1) is 29.5. The van der Waals surface area contributed by atoms with Gasteiger partial charge in [-0.2, -0.15) is 0 Å². The molecule has 0 saturated heterocycles. The van der Waals surface area contributed by atoms with E-state index in [1.165, 1.54) is 0 Å². The highest BCUT2D eigenvalue weighted by atomic mass is 16.6. The standard InChI is InChI=1S/C27H45N3O4/c1-10-11-12-13-16-30(22(31)18-28-25(33)34-27(7,8)9)23(24(32)29-26(4,5)6)21-17-19(2)14-15-20(21)3/h14-15,17,23H,10-13,16,18H2,1-9H3,(H,28,33)(H,29,32). The maximum atomic E-state index is 13.6. The lowest BCUT2D eigenvalue weighted by Gasteiger charge is -2.35. The summed E-state index contributed by atoms with van der Waals surface area (Å²) in [5.74, 6) is -0.556. The van der Waals surface area contributed by atoms with Crippen molar-refractivity contribution in [1.29, 1.82) is 0 Å². The van der Waals surface area contributed by atoms with E-state index in [2.05, 4.69) is 17.6 Å². The number of hydrogen-bond donors (Lipinski definition) is 2. The molecule has 0 heterocycles. The van der Waals surface area contributed by atoms with Crippen LogP contribution in [-0.2, 0) is 14.3 Å². The molecule has 34 heavy (non-hydrogen) atoms. The van der Waals surface area contributed by atoms with E-state index in [4.69, 9.17) is 4.74 Å². The van der Waals surface area contributed by atoms with Crippen LogP contribution < -0.4 is 10.6 Å². The molecule has 0 aliphatic rings. The van der Waals surface area contributed by atoms with Gasteiger partial charge < -0.3 is 20.3 Å². The van der Waals surface area contributed by atoms with Crippen LogP contribution in [0.15, 0.2) is 18.2 Å². The number of rotatable bonds is 10. The van der Waals surface area contributed by atoms with Gasteiger partial charge in [0.15, 0.2) is 0 Å². The minimum Gasteiger partial charge on any atom is -0.444 e. The number of benzene rings is 1. The van der Waals surface area contributed by atoms with Gasteiger partial charge in [-0.3, -0.25) is 9.59 Å². The van der Waals surface area contributed by atoms with Crippen molar-refractivity contribution in [2.45, 2.75) is 105 Å². The Morgan fingerprint density at radius 1 is 1.00 bits per heavy atom. The average Bonchev–Trinajstić information content (AvgIpc) is 2.68. The Morgan fingerprint density at radius 2 is 1.65 bits per heavy atom. The molecule has 0 aliphatic heterocycles. The van der Waals surface area contributed by atoms with Crippen LogP contribution in [0.1, 0.15) is 96.9 Å². The smallest absolute Gasteiger partial charge is 0.408 e. The van der Waals surface area contributed by atoms with Crippen LogP contribution in [0, 0.1) is 13.8 Å². The third-order valence-electron chi connectivity index (χ3n) is 5.14. The van der Waals surface area contributed by atoms with Gasteiger partial charge in [-0.05, 0) is 72.9 Å². The summed E-state index contributed by atoms with van der Waals surface area (Å²) < 4.78 is 5.27. The average molecular weight is 476 g/mol. The molecule has 1 aromatic rings. The van der Waals surface area contributed by atoms with Crippen LogP contribution in [0.5, 0.6) is 0 Å². The molecule has 0 spiro atoms. The fourth-order valence-corrected chi connectivity index (χ4v) is 3.61. The third kappa shape index (κ3) is 10.6. The molecule has 1 aromatic carbocycles. The number of nitrogens with zero attached hydrogens (tertiary/aromatic N) is 1. The molecule has 0 saturated carbocycles. The molecule has 0 fully saturated rings. The summed E-state index contributed by atoms with van der Waals surface area (Å²) in [6, 6.07) is 5.14. The van der Waals surface area contributed by atoms with E-state index in [0.29, 0.717) is 6.54 Å². The Balaban J connectivity index is 3.31. The number of aryl methyl sites for hydroxylation is 2. The van der Waals surface area contributed by atoms with Gasteiger partial charge in [0.05, 0.1) is 0 Å². The van der Waals surface area contributed by atoms with Gasteiger partial charge in [0.1, 0.15) is 18.2 Å². The van der Waals surface area contributed by atoms with E-state index in [1.807, 2.05) is 52.8 Å². The molecular weight excluding hydrogens is 430 g/mol. The number of amides is 3. The quantitative estimate of drug-likeness (QED) is 0.456. The van der Waals surface area contributed by atoms with Crippen molar-refractivity contribution in [3.63, 3.8) is 0 Å². The van der Waals surface area contributed by atoms with Crippen LogP contribution in [-0.4, -0.2) is 47.0 Å². The van der Waals surface area contributed by atoms with Gasteiger partial charge in [-0.25, -0.2) is 4.79 Å². The fourth-order valence-electron chi connectivity index (χ4n) is 3.61. The molecule has 7 nitrogen and oxygen atoms in total. The van der Waals surface area contributed by atoms with Crippen LogP contribution >= 0.6 is 0 Å². The maximum Gasteiger partial charge on any atom is 0.408 e. The molecule has 0 aliphatic carbocycles. The predicted octanol–water partition coefficient (Wildman–Crippen LogP) is 5.19. The van der Waals surface area contributed by atoms with Crippen LogP contribution in [0.3, 0.4) is 0 Å². The summed E-state index contributed by atoms with van der Waals surface area (Å²) in [4.78, 5) is 40.8. The van der Waals surface area contributed by atoms with E-state index in [9.17, 15) is 14.4 Å². The molecular formula is C27H45N3O4. The summed E-state index contributed by atoms with van der Waals surface area (Å²) >= 11 is 0. The number of ether oxygens (including phenoxy) is 1. The maximum absolute atomic E-state index is 13.6. The lowest BCUT2D eigenvalue weighted by molar-refractivity contribution is -0.141. The van der Waals surface area contributed by atoms with Gasteiger partial charge in [0.25, 0.3) is 0 Å². The second kappa shape index (κ2) is 12.8. The van der Waals surface area contributed by atoms with Crippen LogP contribution in [0.4, 0.5) is 4.79 Å². The van der Waals surface area contributed by atoms with Gasteiger partial charge in [-0.1, -0.05) is 49.9 Å². The van der Waals surface area contributed by atoms with Gasteiger partial charge in [0, 0.05) is 12.1 Å². The molecule has 0 bridgehead atoms. The zero-order valence-corrected chi connectivity index (χ0v) is 22.6. The van der Waals surface area contributed by atoms with Crippen molar-refractivity contribution in [2.75, 3.05) is 13.1 Å². The minimum atomic E-state index is -0.798. The molecule has 0 aromatic heterocycles. The van der Waals surface area contributed by atoms with Crippen LogP contribution in [0.2, 0.25) is 0 Å². The Morgan fingerprint density at radius 3 is 2.21 bits per heavy atom. The van der Waals surface area contributed by atoms with Gasteiger partial charge >= 0.3 is 6.09 Å². The summed E-state index contributed by atoms with van der Waals surface area (Å²) in [7, 11) is 0. The summed E-state index contributed by atoms with van der Waals surface area (Å²) in [6.45, 7) is 17.3. The van der Waals surface area contributed by atoms with Crippen molar-refractivity contribution < 1.29 is 19.1 Å². The minimum absolute atomic E-state index is 0.234. The Labute approximate surface area is 206 Å². The first-order chi connectivity index (χ1) is 15.6. The van der Waals surface area contributed by atoms with E-state index < -0.39 is 23.3 Å². The largest absolute Gasteiger partial charge is 0.444 e. The Bertz CT molecular complexity index is 837. The van der Waals surface area contributed by atoms with E-state index in [1.54, 1.807) is 25.7 Å². The van der Waals surface area contributed by atoms with E-state index in [0.717, 1.165) is 42.4 Å². The van der Waals surface area contributed by atoms with Crippen molar-refractivity contribution >= 4 is 17.9 Å². The number of nitrogens with one attached hydrogen (secondary N) is 2. The molecule has 192 valence electrons. The normalized spacial score (nSPS) is 12.6. The summed E-state index contributed by atoms with van der Waals surface area (Å²) in [6.07, 6.45) is 3.20. The molecule has 7 heteroatoms. The zero-order chi connectivity index (χ0) is 26.1. The SMILES string of the molecule is CCCCCCN(C(=O)CNC(=O)OC(C)(C)C)C(C(=O)NC(C)(C)C)c1cc(C)ccc1C. The van der Waals surface area contributed by atoms with Crippen molar-refractivity contribution in [3.05, 3.63) is 34.9 Å². The number of carbonyl (C=O) groups excluding carboxylic acids is 3. The molecule has 1 rings (SSSR count). The van der Waals surface area contributed by atoms with Crippen molar-refractivity contribution in [1.82, 2.24) is 15.5 Å². The Hall–Kier alpha value is -2.57. The van der Waals surface area contributed by atoms with Gasteiger partial charge in [0.2, 0.25) is 11.8 Å². The highest BCUT2D eigenvalue weighted by Gasteiger charge is 2.34. The molecule has 1 atom stereocenters. The third-order valence-corrected chi connectivity index (χ3v) is 5.14. The molecule has 2 N–H and O–H groups in total. The topological polar surface area (TPSA) is 87.7 Å². The number of hydrogen-bond acceptors (Lipinski definition) is 4. The van der Waals surface area contributed by atoms with Crippen molar-refractivity contribution in [3.8, 4) is 0 Å². The number of unbranched alkanes of at least 4 members (excludes halogenated alkanes) is 3. The number of alkyl carbamates (subject to hydrolysis) is 1. The molecule has 1 unspecified atom stereocenters. The fraction of sp³-hybridized carbons (Fsp3) is 0.667. The molecule has 0 radical (unpaired) electrons. The first-order valence-electron chi connectivity index (χ1n) is 12.3. The zero-order valence-electron chi connectivity index (χ0n) is 22.6. The highest BCUT2D eigenvalue weighted by molar-refractivity contribution is 5.91. The molecule has 3 amide bonds. The summed E-state index contributed by atoms with van der Waals surface area (Å²) in [5, 5.41) is 5.61. The Kier molecular flexibility index (Phi) is 11.1. The first-order valence-corrected chi connectivity index (χ1v) is 12.3.